The second-order valence-corrected chi connectivity index (χ2v) is 9.77. The summed E-state index contributed by atoms with van der Waals surface area (Å²) in [5, 5.41) is 2.50. The van der Waals surface area contributed by atoms with Crippen LogP contribution >= 0.6 is 11.3 Å². The van der Waals surface area contributed by atoms with Gasteiger partial charge in [0.25, 0.3) is 0 Å². The average Bonchev–Trinajstić information content (AvgIpc) is 3.32. The van der Waals surface area contributed by atoms with Crippen LogP contribution in [0.3, 0.4) is 0 Å². The summed E-state index contributed by atoms with van der Waals surface area (Å²) in [6.45, 7) is 9.00. The summed E-state index contributed by atoms with van der Waals surface area (Å²) in [6.07, 6.45) is 1.38. The molecule has 3 heterocycles. The van der Waals surface area contributed by atoms with Gasteiger partial charge in [0.1, 0.15) is 17.2 Å². The highest BCUT2D eigenvalue weighted by Gasteiger charge is 2.26. The quantitative estimate of drug-likeness (QED) is 0.490. The summed E-state index contributed by atoms with van der Waals surface area (Å²) in [5.41, 5.74) is 1.99. The molecule has 8 nitrogen and oxygen atoms in total. The molecule has 1 fully saturated rings. The highest BCUT2D eigenvalue weighted by molar-refractivity contribution is 7.14. The van der Waals surface area contributed by atoms with Crippen molar-refractivity contribution < 1.29 is 19.0 Å². The molecule has 2 aromatic heterocycles. The molecule has 0 saturated carbocycles. The Morgan fingerprint density at radius 1 is 1.15 bits per heavy atom. The molecular weight excluding hydrogens is 452 g/mol. The maximum absolute atomic E-state index is 13.1. The second kappa shape index (κ2) is 10.4. The molecule has 34 heavy (non-hydrogen) atoms. The molecule has 0 aliphatic carbocycles. The number of nitrogens with zero attached hydrogens (tertiary/aromatic N) is 4. The van der Waals surface area contributed by atoms with Gasteiger partial charge in [0, 0.05) is 30.2 Å². The van der Waals surface area contributed by atoms with E-state index in [9.17, 15) is 4.79 Å². The standard InChI is InChI=1S/C25H30N4O4S/c1-25(2,3)33-24(30)29(16-18-5-8-20(31-4)9-6-18)23-27-21(17-34-23)19-7-10-22(26-15-19)28-11-13-32-14-12-28/h5-10,15,17H,11-14,16H2,1-4H3. The Bertz CT molecular complexity index is 1090. The van der Waals surface area contributed by atoms with E-state index in [-0.39, 0.29) is 0 Å². The molecule has 1 saturated heterocycles. The van der Waals surface area contributed by atoms with Crippen LogP contribution in [-0.4, -0.2) is 55.1 Å². The van der Waals surface area contributed by atoms with Gasteiger partial charge >= 0.3 is 6.09 Å². The zero-order chi connectivity index (χ0) is 24.1. The van der Waals surface area contributed by atoms with Gasteiger partial charge in [-0.05, 0) is 50.6 Å². The molecule has 0 atom stereocenters. The van der Waals surface area contributed by atoms with Crippen molar-refractivity contribution in [1.29, 1.82) is 0 Å². The van der Waals surface area contributed by atoms with E-state index in [0.717, 1.165) is 41.5 Å². The number of rotatable bonds is 6. The fourth-order valence-corrected chi connectivity index (χ4v) is 4.30. The van der Waals surface area contributed by atoms with E-state index in [0.29, 0.717) is 24.9 Å². The minimum Gasteiger partial charge on any atom is -0.497 e. The van der Waals surface area contributed by atoms with Crippen LogP contribution in [0.2, 0.25) is 0 Å². The number of carbonyl (C=O) groups excluding carboxylic acids is 1. The molecule has 1 aromatic carbocycles. The Balaban J connectivity index is 1.55. The number of hydrogen-bond acceptors (Lipinski definition) is 8. The van der Waals surface area contributed by atoms with Crippen LogP contribution < -0.4 is 14.5 Å². The van der Waals surface area contributed by atoms with Gasteiger partial charge in [-0.1, -0.05) is 12.1 Å². The van der Waals surface area contributed by atoms with Crippen LogP contribution in [0.1, 0.15) is 26.3 Å². The lowest BCUT2D eigenvalue weighted by Crippen LogP contribution is -2.36. The van der Waals surface area contributed by atoms with Gasteiger partial charge in [-0.3, -0.25) is 0 Å². The van der Waals surface area contributed by atoms with E-state index >= 15 is 0 Å². The smallest absolute Gasteiger partial charge is 0.416 e. The lowest BCUT2D eigenvalue weighted by molar-refractivity contribution is 0.0577. The third kappa shape index (κ3) is 6.03. The predicted molar refractivity (Wildman–Crippen MR) is 134 cm³/mol. The number of carbonyl (C=O) groups is 1. The Labute approximate surface area is 204 Å². The van der Waals surface area contributed by atoms with Gasteiger partial charge in [-0.15, -0.1) is 11.3 Å². The van der Waals surface area contributed by atoms with Gasteiger partial charge in [-0.2, -0.15) is 0 Å². The van der Waals surface area contributed by atoms with E-state index in [4.69, 9.17) is 19.2 Å². The third-order valence-corrected chi connectivity index (χ3v) is 6.08. The first-order chi connectivity index (χ1) is 16.3. The maximum atomic E-state index is 13.1. The van der Waals surface area contributed by atoms with Gasteiger partial charge < -0.3 is 19.1 Å². The van der Waals surface area contributed by atoms with Crippen molar-refractivity contribution in [1.82, 2.24) is 9.97 Å². The highest BCUT2D eigenvalue weighted by atomic mass is 32.1. The van der Waals surface area contributed by atoms with E-state index in [1.807, 2.05) is 68.7 Å². The number of benzene rings is 1. The minimum atomic E-state index is -0.616. The zero-order valence-electron chi connectivity index (χ0n) is 20.0. The van der Waals surface area contributed by atoms with Crippen molar-refractivity contribution in [2.24, 2.45) is 0 Å². The molecule has 1 amide bonds. The Hall–Kier alpha value is -3.17. The fourth-order valence-electron chi connectivity index (χ4n) is 3.48. The van der Waals surface area contributed by atoms with Gasteiger partial charge in [0.05, 0.1) is 32.6 Å². The summed E-state index contributed by atoms with van der Waals surface area (Å²) >= 11 is 1.40. The number of ether oxygens (including phenoxy) is 3. The van der Waals surface area contributed by atoms with Crippen molar-refractivity contribution in [3.8, 4) is 17.0 Å². The van der Waals surface area contributed by atoms with Crippen molar-refractivity contribution in [3.63, 3.8) is 0 Å². The largest absolute Gasteiger partial charge is 0.497 e. The van der Waals surface area contributed by atoms with Crippen LogP contribution in [0.5, 0.6) is 5.75 Å². The molecule has 0 N–H and O–H groups in total. The van der Waals surface area contributed by atoms with Crippen LogP contribution in [0.4, 0.5) is 15.7 Å². The molecule has 0 unspecified atom stereocenters. The average molecular weight is 483 g/mol. The molecule has 9 heteroatoms. The zero-order valence-corrected chi connectivity index (χ0v) is 20.8. The lowest BCUT2D eigenvalue weighted by Gasteiger charge is -2.27. The summed E-state index contributed by atoms with van der Waals surface area (Å²) in [4.78, 5) is 26.2. The number of thiazole rings is 1. The Kier molecular flexibility index (Phi) is 7.33. The van der Waals surface area contributed by atoms with Crippen molar-refractivity contribution in [2.45, 2.75) is 32.9 Å². The van der Waals surface area contributed by atoms with Crippen LogP contribution in [0, 0.1) is 0 Å². The predicted octanol–water partition coefficient (Wildman–Crippen LogP) is 4.99. The Morgan fingerprint density at radius 3 is 2.50 bits per heavy atom. The molecule has 180 valence electrons. The molecule has 3 aromatic rings. The number of hydrogen-bond donors (Lipinski definition) is 0. The first-order valence-corrected chi connectivity index (χ1v) is 12.1. The van der Waals surface area contributed by atoms with Crippen LogP contribution in [0.25, 0.3) is 11.3 Å². The van der Waals surface area contributed by atoms with Crippen LogP contribution in [0.15, 0.2) is 48.0 Å². The fraction of sp³-hybridized carbons (Fsp3) is 0.400. The number of anilines is 2. The maximum Gasteiger partial charge on any atom is 0.416 e. The highest BCUT2D eigenvalue weighted by Crippen LogP contribution is 2.30. The summed E-state index contributed by atoms with van der Waals surface area (Å²) in [5.74, 6) is 1.69. The molecule has 1 aliphatic heterocycles. The van der Waals surface area contributed by atoms with Crippen molar-refractivity contribution in [3.05, 3.63) is 53.5 Å². The summed E-state index contributed by atoms with van der Waals surface area (Å²) < 4.78 is 16.3. The number of morpholine rings is 1. The summed E-state index contributed by atoms with van der Waals surface area (Å²) in [7, 11) is 1.63. The topological polar surface area (TPSA) is 77.0 Å². The molecule has 4 rings (SSSR count). The van der Waals surface area contributed by atoms with Crippen molar-refractivity contribution >= 4 is 28.4 Å². The SMILES string of the molecule is COc1ccc(CN(C(=O)OC(C)(C)C)c2nc(-c3ccc(N4CCOCC4)nc3)cs2)cc1. The monoisotopic (exact) mass is 482 g/mol. The first kappa shape index (κ1) is 24.0. The van der Waals surface area contributed by atoms with E-state index in [1.165, 1.54) is 11.3 Å². The molecule has 0 radical (unpaired) electrons. The first-order valence-electron chi connectivity index (χ1n) is 11.2. The lowest BCUT2D eigenvalue weighted by atomic mass is 10.2. The van der Waals surface area contributed by atoms with E-state index in [2.05, 4.69) is 9.88 Å². The Morgan fingerprint density at radius 2 is 1.88 bits per heavy atom. The van der Waals surface area contributed by atoms with Crippen molar-refractivity contribution in [2.75, 3.05) is 43.2 Å². The molecule has 0 spiro atoms. The van der Waals surface area contributed by atoms with E-state index < -0.39 is 11.7 Å². The van der Waals surface area contributed by atoms with Gasteiger partial charge in [0.2, 0.25) is 0 Å². The third-order valence-electron chi connectivity index (χ3n) is 5.22. The number of aromatic nitrogens is 2. The molecule has 1 aliphatic rings. The second-order valence-electron chi connectivity index (χ2n) is 8.93. The minimum absolute atomic E-state index is 0.333. The molecular formula is C25H30N4O4S. The van der Waals surface area contributed by atoms with E-state index in [1.54, 1.807) is 12.0 Å². The van der Waals surface area contributed by atoms with Gasteiger partial charge in [0.15, 0.2) is 5.13 Å². The van der Waals surface area contributed by atoms with Crippen LogP contribution in [-0.2, 0) is 16.0 Å². The number of amides is 1. The molecule has 0 bridgehead atoms. The normalized spacial score (nSPS) is 14.1. The summed E-state index contributed by atoms with van der Waals surface area (Å²) in [6, 6.07) is 11.6. The number of pyridine rings is 1. The number of methoxy groups -OCH3 is 1. The van der Waals surface area contributed by atoms with Gasteiger partial charge in [-0.25, -0.2) is 19.7 Å².